The highest BCUT2D eigenvalue weighted by Crippen LogP contribution is 2.20. The predicted molar refractivity (Wildman–Crippen MR) is 71.9 cm³/mol. The fraction of sp³-hybridized carbons (Fsp3) is 0.462. The highest BCUT2D eigenvalue weighted by molar-refractivity contribution is 9.10. The van der Waals surface area contributed by atoms with Crippen LogP contribution in [0, 0.1) is 11.7 Å². The van der Waals surface area contributed by atoms with E-state index in [0.29, 0.717) is 13.1 Å². The average molecular weight is 318 g/mol. The molecule has 100 valence electrons. The first-order chi connectivity index (χ1) is 8.43. The van der Waals surface area contributed by atoms with E-state index in [0.717, 1.165) is 16.6 Å². The summed E-state index contributed by atoms with van der Waals surface area (Å²) < 4.78 is 14.0. The van der Waals surface area contributed by atoms with Gasteiger partial charge in [0.1, 0.15) is 5.82 Å². The van der Waals surface area contributed by atoms with Crippen molar-refractivity contribution in [1.82, 2.24) is 4.90 Å². The maximum Gasteiger partial charge on any atom is 0.307 e. The lowest BCUT2D eigenvalue weighted by Crippen LogP contribution is -2.31. The van der Waals surface area contributed by atoms with Crippen LogP contribution in [-0.4, -0.2) is 29.1 Å². The van der Waals surface area contributed by atoms with Gasteiger partial charge in [-0.15, -0.1) is 0 Å². The van der Waals surface area contributed by atoms with E-state index in [4.69, 9.17) is 5.11 Å². The smallest absolute Gasteiger partial charge is 0.307 e. The molecule has 0 fully saturated rings. The van der Waals surface area contributed by atoms with Crippen molar-refractivity contribution in [2.45, 2.75) is 20.4 Å². The van der Waals surface area contributed by atoms with Gasteiger partial charge in [-0.05, 0) is 30.3 Å². The van der Waals surface area contributed by atoms with Crippen molar-refractivity contribution >= 4 is 21.9 Å². The number of carbonyl (C=O) groups is 1. The summed E-state index contributed by atoms with van der Waals surface area (Å²) in [6.45, 7) is 5.34. The Kier molecular flexibility index (Phi) is 5.75. The number of rotatable bonds is 6. The minimum atomic E-state index is -0.813. The molecule has 0 saturated carbocycles. The highest BCUT2D eigenvalue weighted by Gasteiger charge is 2.16. The molecular formula is C13H17BrFNO2. The molecule has 1 unspecified atom stereocenters. The van der Waals surface area contributed by atoms with Crippen molar-refractivity contribution in [3.8, 4) is 0 Å². The highest BCUT2D eigenvalue weighted by atomic mass is 79.9. The summed E-state index contributed by atoms with van der Waals surface area (Å²) >= 11 is 3.37. The number of nitrogens with zero attached hydrogens (tertiary/aromatic N) is 1. The van der Waals surface area contributed by atoms with Crippen LogP contribution in [0.15, 0.2) is 22.7 Å². The standard InChI is InChI=1S/C13H17BrFNO2/c1-3-16(7-9(2)13(17)18)8-10-6-11(15)4-5-12(10)14/h4-6,9H,3,7-8H2,1-2H3,(H,17,18). The van der Waals surface area contributed by atoms with Crippen LogP contribution in [0.3, 0.4) is 0 Å². The fourth-order valence-corrected chi connectivity index (χ4v) is 2.05. The van der Waals surface area contributed by atoms with E-state index in [1.807, 2.05) is 11.8 Å². The summed E-state index contributed by atoms with van der Waals surface area (Å²) in [5.74, 6) is -1.53. The fourth-order valence-electron chi connectivity index (χ4n) is 1.68. The van der Waals surface area contributed by atoms with Gasteiger partial charge in [-0.25, -0.2) is 4.39 Å². The van der Waals surface area contributed by atoms with Gasteiger partial charge in [-0.1, -0.05) is 29.8 Å². The van der Waals surface area contributed by atoms with Gasteiger partial charge in [0.05, 0.1) is 5.92 Å². The minimum absolute atomic E-state index is 0.282. The second-order valence-corrected chi connectivity index (χ2v) is 5.16. The molecule has 18 heavy (non-hydrogen) atoms. The molecule has 0 spiro atoms. The molecule has 1 N–H and O–H groups in total. The van der Waals surface area contributed by atoms with Crippen LogP contribution in [0.2, 0.25) is 0 Å². The van der Waals surface area contributed by atoms with E-state index in [1.165, 1.54) is 12.1 Å². The molecule has 0 aromatic heterocycles. The lowest BCUT2D eigenvalue weighted by atomic mass is 10.1. The molecule has 5 heteroatoms. The largest absolute Gasteiger partial charge is 0.481 e. The molecule has 0 radical (unpaired) electrons. The maximum absolute atomic E-state index is 13.2. The van der Waals surface area contributed by atoms with E-state index in [9.17, 15) is 9.18 Å². The average Bonchev–Trinajstić information content (AvgIpc) is 2.32. The molecule has 0 saturated heterocycles. The van der Waals surface area contributed by atoms with Crippen LogP contribution in [0.5, 0.6) is 0 Å². The molecule has 0 amide bonds. The molecule has 1 atom stereocenters. The summed E-state index contributed by atoms with van der Waals surface area (Å²) in [6.07, 6.45) is 0. The summed E-state index contributed by atoms with van der Waals surface area (Å²) in [6, 6.07) is 4.53. The number of aliphatic carboxylic acids is 1. The number of halogens is 2. The Labute approximate surface area is 115 Å². The van der Waals surface area contributed by atoms with Crippen LogP contribution in [-0.2, 0) is 11.3 Å². The van der Waals surface area contributed by atoms with E-state index >= 15 is 0 Å². The van der Waals surface area contributed by atoms with Crippen molar-refractivity contribution in [1.29, 1.82) is 0 Å². The molecule has 0 aliphatic rings. The Balaban J connectivity index is 2.73. The van der Waals surface area contributed by atoms with Gasteiger partial charge in [-0.3, -0.25) is 9.69 Å². The van der Waals surface area contributed by atoms with Gasteiger partial charge in [0, 0.05) is 17.6 Å². The molecule has 0 aliphatic heterocycles. The Bertz CT molecular complexity index is 425. The minimum Gasteiger partial charge on any atom is -0.481 e. The van der Waals surface area contributed by atoms with Gasteiger partial charge in [0.15, 0.2) is 0 Å². The number of benzene rings is 1. The van der Waals surface area contributed by atoms with Crippen LogP contribution in [0.25, 0.3) is 0 Å². The molecule has 0 heterocycles. The monoisotopic (exact) mass is 317 g/mol. The van der Waals surface area contributed by atoms with Gasteiger partial charge >= 0.3 is 5.97 Å². The molecule has 1 aromatic carbocycles. The summed E-state index contributed by atoms with van der Waals surface area (Å²) in [7, 11) is 0. The van der Waals surface area contributed by atoms with E-state index in [-0.39, 0.29) is 5.82 Å². The lowest BCUT2D eigenvalue weighted by Gasteiger charge is -2.23. The van der Waals surface area contributed by atoms with Gasteiger partial charge in [0.2, 0.25) is 0 Å². The van der Waals surface area contributed by atoms with Crippen LogP contribution in [0.4, 0.5) is 4.39 Å². The van der Waals surface area contributed by atoms with E-state index in [2.05, 4.69) is 15.9 Å². The van der Waals surface area contributed by atoms with Crippen molar-refractivity contribution < 1.29 is 14.3 Å². The second kappa shape index (κ2) is 6.85. The number of hydrogen-bond donors (Lipinski definition) is 1. The van der Waals surface area contributed by atoms with E-state index < -0.39 is 11.9 Å². The zero-order chi connectivity index (χ0) is 13.7. The third-order valence-electron chi connectivity index (χ3n) is 2.80. The summed E-state index contributed by atoms with van der Waals surface area (Å²) in [5, 5.41) is 8.90. The zero-order valence-corrected chi connectivity index (χ0v) is 12.1. The number of hydrogen-bond acceptors (Lipinski definition) is 2. The first-order valence-electron chi connectivity index (χ1n) is 5.83. The normalized spacial score (nSPS) is 12.7. The lowest BCUT2D eigenvalue weighted by molar-refractivity contribution is -0.141. The quantitative estimate of drug-likeness (QED) is 0.876. The van der Waals surface area contributed by atoms with Crippen LogP contribution in [0.1, 0.15) is 19.4 Å². The van der Waals surface area contributed by atoms with Crippen molar-refractivity contribution in [3.63, 3.8) is 0 Å². The maximum atomic E-state index is 13.2. The Morgan fingerprint density at radius 2 is 2.22 bits per heavy atom. The van der Waals surface area contributed by atoms with Crippen LogP contribution < -0.4 is 0 Å². The third kappa shape index (κ3) is 4.38. The van der Waals surface area contributed by atoms with Crippen LogP contribution >= 0.6 is 15.9 Å². The SMILES string of the molecule is CCN(Cc1cc(F)ccc1Br)CC(C)C(=O)O. The van der Waals surface area contributed by atoms with Gasteiger partial charge in [-0.2, -0.15) is 0 Å². The molecule has 3 nitrogen and oxygen atoms in total. The van der Waals surface area contributed by atoms with E-state index in [1.54, 1.807) is 13.0 Å². The first kappa shape index (κ1) is 15.1. The second-order valence-electron chi connectivity index (χ2n) is 4.30. The Hall–Kier alpha value is -0.940. The zero-order valence-electron chi connectivity index (χ0n) is 10.5. The predicted octanol–water partition coefficient (Wildman–Crippen LogP) is 3.13. The topological polar surface area (TPSA) is 40.5 Å². The first-order valence-corrected chi connectivity index (χ1v) is 6.62. The molecule has 1 aromatic rings. The number of carboxylic acid groups (broad SMARTS) is 1. The number of carboxylic acids is 1. The third-order valence-corrected chi connectivity index (χ3v) is 3.58. The Morgan fingerprint density at radius 3 is 2.78 bits per heavy atom. The van der Waals surface area contributed by atoms with Crippen molar-refractivity contribution in [3.05, 3.63) is 34.1 Å². The van der Waals surface area contributed by atoms with Gasteiger partial charge in [0.25, 0.3) is 0 Å². The Morgan fingerprint density at radius 1 is 1.56 bits per heavy atom. The van der Waals surface area contributed by atoms with Crippen molar-refractivity contribution in [2.75, 3.05) is 13.1 Å². The summed E-state index contributed by atoms with van der Waals surface area (Å²) in [4.78, 5) is 12.8. The summed E-state index contributed by atoms with van der Waals surface area (Å²) in [5.41, 5.74) is 0.828. The molecule has 0 bridgehead atoms. The van der Waals surface area contributed by atoms with Gasteiger partial charge < -0.3 is 5.11 Å². The van der Waals surface area contributed by atoms with Crippen molar-refractivity contribution in [2.24, 2.45) is 5.92 Å². The molecule has 0 aliphatic carbocycles. The molecule has 1 rings (SSSR count). The molecular weight excluding hydrogens is 301 g/mol.